The Bertz CT molecular complexity index is 937. The molecule has 28 heavy (non-hydrogen) atoms. The average molecular weight is 410 g/mol. The van der Waals surface area contributed by atoms with Crippen molar-refractivity contribution in [1.82, 2.24) is 4.31 Å². The zero-order valence-electron chi connectivity index (χ0n) is 16.2. The number of amides is 1. The Morgan fingerprint density at radius 3 is 2.11 bits per heavy atom. The third-order valence-corrected chi connectivity index (χ3v) is 6.19. The number of anilines is 1. The number of carbonyl (C=O) groups is 1. The van der Waals surface area contributed by atoms with Crippen LogP contribution in [0.4, 0.5) is 10.1 Å². The van der Waals surface area contributed by atoms with E-state index in [2.05, 4.69) is 5.32 Å². The fourth-order valence-electron chi connectivity index (χ4n) is 2.63. The summed E-state index contributed by atoms with van der Waals surface area (Å²) >= 11 is 0. The van der Waals surface area contributed by atoms with Crippen LogP contribution in [0.3, 0.4) is 0 Å². The van der Waals surface area contributed by atoms with Crippen molar-refractivity contribution in [3.8, 4) is 11.5 Å². The van der Waals surface area contributed by atoms with Crippen molar-refractivity contribution in [3.63, 3.8) is 0 Å². The van der Waals surface area contributed by atoms with Crippen molar-refractivity contribution in [2.45, 2.75) is 18.7 Å². The summed E-state index contributed by atoms with van der Waals surface area (Å²) in [6.07, 6.45) is 0. The van der Waals surface area contributed by atoms with Crippen LogP contribution in [0.25, 0.3) is 0 Å². The Morgan fingerprint density at radius 2 is 1.61 bits per heavy atom. The van der Waals surface area contributed by atoms with Gasteiger partial charge in [0.2, 0.25) is 10.0 Å². The lowest BCUT2D eigenvalue weighted by Gasteiger charge is -2.19. The summed E-state index contributed by atoms with van der Waals surface area (Å²) in [5.41, 5.74) is 0.396. The predicted octanol–water partition coefficient (Wildman–Crippen LogP) is 3.13. The first-order valence-electron chi connectivity index (χ1n) is 8.60. The van der Waals surface area contributed by atoms with Crippen LogP contribution < -0.4 is 14.8 Å². The zero-order chi connectivity index (χ0) is 20.9. The van der Waals surface area contributed by atoms with Crippen LogP contribution in [0, 0.1) is 5.82 Å². The molecule has 2 aromatic carbocycles. The van der Waals surface area contributed by atoms with Gasteiger partial charge in [-0.3, -0.25) is 4.79 Å². The third-order valence-electron chi connectivity index (χ3n) is 4.13. The number of nitrogens with one attached hydrogen (secondary N) is 1. The van der Waals surface area contributed by atoms with E-state index in [9.17, 15) is 17.6 Å². The first kappa shape index (κ1) is 21.6. The van der Waals surface area contributed by atoms with Gasteiger partial charge in [0.15, 0.2) is 0 Å². The minimum atomic E-state index is -4.04. The van der Waals surface area contributed by atoms with Crippen LogP contribution in [-0.2, 0) is 10.0 Å². The van der Waals surface area contributed by atoms with E-state index in [0.29, 0.717) is 17.2 Å². The fraction of sp³-hybridized carbons (Fsp3) is 0.316. The number of ether oxygens (including phenoxy) is 2. The molecule has 0 fully saturated rings. The maximum absolute atomic E-state index is 14.2. The smallest absolute Gasteiger partial charge is 0.255 e. The lowest BCUT2D eigenvalue weighted by Crippen LogP contribution is -2.31. The lowest BCUT2D eigenvalue weighted by molar-refractivity contribution is 0.102. The number of halogens is 1. The van der Waals surface area contributed by atoms with Gasteiger partial charge in [0, 0.05) is 42.5 Å². The Labute approximate surface area is 164 Å². The van der Waals surface area contributed by atoms with Crippen molar-refractivity contribution in [2.75, 3.05) is 32.6 Å². The molecule has 0 bridgehead atoms. The molecule has 9 heteroatoms. The molecule has 0 spiro atoms. The zero-order valence-corrected chi connectivity index (χ0v) is 17.0. The van der Waals surface area contributed by atoms with E-state index in [0.717, 1.165) is 16.4 Å². The van der Waals surface area contributed by atoms with Gasteiger partial charge in [0.1, 0.15) is 22.2 Å². The highest BCUT2D eigenvalue weighted by Gasteiger charge is 2.26. The second-order valence-corrected chi connectivity index (χ2v) is 7.70. The second kappa shape index (κ2) is 9.03. The van der Waals surface area contributed by atoms with Crippen LogP contribution in [0.5, 0.6) is 11.5 Å². The van der Waals surface area contributed by atoms with Gasteiger partial charge < -0.3 is 14.8 Å². The van der Waals surface area contributed by atoms with Crippen molar-refractivity contribution < 1.29 is 27.1 Å². The van der Waals surface area contributed by atoms with Crippen LogP contribution in [-0.4, -0.2) is 45.9 Å². The van der Waals surface area contributed by atoms with Gasteiger partial charge in [-0.1, -0.05) is 13.8 Å². The largest absolute Gasteiger partial charge is 0.497 e. The Balaban J connectivity index is 2.38. The minimum absolute atomic E-state index is 0.00826. The first-order chi connectivity index (χ1) is 13.3. The Morgan fingerprint density at radius 1 is 1.04 bits per heavy atom. The van der Waals surface area contributed by atoms with Crippen LogP contribution in [0.15, 0.2) is 41.3 Å². The maximum atomic E-state index is 14.2. The SMILES string of the molecule is CCN(CC)S(=O)(=O)c1cc(C(=O)Nc2cc(OC)cc(OC)c2)ccc1F. The van der Waals surface area contributed by atoms with Crippen molar-refractivity contribution >= 4 is 21.6 Å². The van der Waals surface area contributed by atoms with E-state index in [1.54, 1.807) is 32.0 Å². The molecule has 0 heterocycles. The molecule has 1 N–H and O–H groups in total. The number of sulfonamides is 1. The summed E-state index contributed by atoms with van der Waals surface area (Å²) in [6.45, 7) is 3.70. The molecule has 0 saturated heterocycles. The van der Waals surface area contributed by atoms with Gasteiger partial charge in [-0.2, -0.15) is 4.31 Å². The summed E-state index contributed by atoms with van der Waals surface area (Å²) in [6, 6.07) is 8.04. The van der Waals surface area contributed by atoms with Gasteiger partial charge in [0.25, 0.3) is 5.91 Å². The molecule has 1 amide bonds. The number of benzene rings is 2. The molecule has 0 unspecified atom stereocenters. The standard InChI is InChI=1S/C19H23FN2O5S/c1-5-22(6-2)28(24,25)18-9-13(7-8-17(18)20)19(23)21-14-10-15(26-3)12-16(11-14)27-4/h7-12H,5-6H2,1-4H3,(H,21,23). The van der Waals surface area contributed by atoms with Gasteiger partial charge in [-0.25, -0.2) is 12.8 Å². The van der Waals surface area contributed by atoms with E-state index in [4.69, 9.17) is 9.47 Å². The van der Waals surface area contributed by atoms with E-state index in [1.807, 2.05) is 0 Å². The summed E-state index contributed by atoms with van der Waals surface area (Å²) in [7, 11) is -1.09. The van der Waals surface area contributed by atoms with Gasteiger partial charge in [0.05, 0.1) is 14.2 Å². The molecule has 0 aromatic heterocycles. The monoisotopic (exact) mass is 410 g/mol. The summed E-state index contributed by atoms with van der Waals surface area (Å²) in [5, 5.41) is 2.63. The number of hydrogen-bond donors (Lipinski definition) is 1. The first-order valence-corrected chi connectivity index (χ1v) is 10.0. The summed E-state index contributed by atoms with van der Waals surface area (Å²) in [4.78, 5) is 12.1. The molecule has 152 valence electrons. The highest BCUT2D eigenvalue weighted by atomic mass is 32.2. The third kappa shape index (κ3) is 4.60. The number of rotatable bonds is 8. The topological polar surface area (TPSA) is 84.9 Å². The van der Waals surface area contributed by atoms with Crippen LogP contribution in [0.1, 0.15) is 24.2 Å². The molecule has 0 saturated carbocycles. The predicted molar refractivity (Wildman–Crippen MR) is 104 cm³/mol. The number of hydrogen-bond acceptors (Lipinski definition) is 5. The van der Waals surface area contributed by atoms with Crippen LogP contribution >= 0.6 is 0 Å². The summed E-state index contributed by atoms with van der Waals surface area (Å²) in [5.74, 6) is -0.560. The molecule has 0 aliphatic carbocycles. The Hall–Kier alpha value is -2.65. The Kier molecular flexibility index (Phi) is 6.98. The molecule has 2 aromatic rings. The van der Waals surface area contributed by atoms with Gasteiger partial charge >= 0.3 is 0 Å². The lowest BCUT2D eigenvalue weighted by atomic mass is 10.2. The fourth-order valence-corrected chi connectivity index (χ4v) is 4.18. The highest BCUT2D eigenvalue weighted by molar-refractivity contribution is 7.89. The number of carbonyl (C=O) groups excluding carboxylic acids is 1. The van der Waals surface area contributed by atoms with E-state index >= 15 is 0 Å². The minimum Gasteiger partial charge on any atom is -0.497 e. The van der Waals surface area contributed by atoms with Crippen LogP contribution in [0.2, 0.25) is 0 Å². The van der Waals surface area contributed by atoms with Crippen molar-refractivity contribution in [3.05, 3.63) is 47.8 Å². The van der Waals surface area contributed by atoms with E-state index < -0.39 is 26.6 Å². The van der Waals surface area contributed by atoms with Crippen molar-refractivity contribution in [2.24, 2.45) is 0 Å². The normalized spacial score (nSPS) is 11.4. The number of nitrogens with zero attached hydrogens (tertiary/aromatic N) is 1. The molecular weight excluding hydrogens is 387 g/mol. The molecule has 0 aliphatic rings. The summed E-state index contributed by atoms with van der Waals surface area (Å²) < 4.78 is 50.9. The molecular formula is C19H23FN2O5S. The molecule has 0 aliphatic heterocycles. The van der Waals surface area contributed by atoms with Gasteiger partial charge in [-0.15, -0.1) is 0 Å². The van der Waals surface area contributed by atoms with E-state index in [1.165, 1.54) is 20.3 Å². The van der Waals surface area contributed by atoms with Gasteiger partial charge in [-0.05, 0) is 18.2 Å². The number of methoxy groups -OCH3 is 2. The molecule has 0 atom stereocenters. The molecule has 2 rings (SSSR count). The van der Waals surface area contributed by atoms with Crippen molar-refractivity contribution in [1.29, 1.82) is 0 Å². The quantitative estimate of drug-likeness (QED) is 0.723. The van der Waals surface area contributed by atoms with E-state index in [-0.39, 0.29) is 18.7 Å². The average Bonchev–Trinajstić information content (AvgIpc) is 2.68. The molecule has 7 nitrogen and oxygen atoms in total. The second-order valence-electron chi connectivity index (χ2n) is 5.79. The maximum Gasteiger partial charge on any atom is 0.255 e. The highest BCUT2D eigenvalue weighted by Crippen LogP contribution is 2.27. The molecule has 0 radical (unpaired) electrons.